The molecule has 1 aliphatic carbocycles. The molecule has 1 saturated carbocycles. The van der Waals surface area contributed by atoms with E-state index >= 15 is 0 Å². The van der Waals surface area contributed by atoms with Gasteiger partial charge in [0.1, 0.15) is 0 Å². The molecular formula is C17H27N. The molecule has 2 unspecified atom stereocenters. The number of hydrogen-bond acceptors (Lipinski definition) is 1. The first kappa shape index (κ1) is 13.5. The average Bonchev–Trinajstić information content (AvgIpc) is 2.33. The maximum Gasteiger partial charge on any atom is 0.0374 e. The highest BCUT2D eigenvalue weighted by atomic mass is 14.9. The van der Waals surface area contributed by atoms with Crippen LogP contribution in [0.25, 0.3) is 0 Å². The fourth-order valence-electron chi connectivity index (χ4n) is 3.33. The van der Waals surface area contributed by atoms with Crippen molar-refractivity contribution in [3.05, 3.63) is 29.8 Å². The van der Waals surface area contributed by atoms with E-state index in [2.05, 4.69) is 57.3 Å². The Morgan fingerprint density at radius 1 is 1.28 bits per heavy atom. The highest BCUT2D eigenvalue weighted by Gasteiger charge is 2.32. The molecule has 2 rings (SSSR count). The van der Waals surface area contributed by atoms with Gasteiger partial charge >= 0.3 is 0 Å². The van der Waals surface area contributed by atoms with Crippen LogP contribution in [0.1, 0.15) is 52.5 Å². The molecule has 1 aliphatic rings. The van der Waals surface area contributed by atoms with Crippen LogP contribution in [-0.4, -0.2) is 6.04 Å². The molecule has 0 radical (unpaired) electrons. The smallest absolute Gasteiger partial charge is 0.0374 e. The molecule has 0 amide bonds. The van der Waals surface area contributed by atoms with Crippen molar-refractivity contribution in [1.29, 1.82) is 0 Å². The zero-order valence-corrected chi connectivity index (χ0v) is 12.3. The highest BCUT2D eigenvalue weighted by molar-refractivity contribution is 5.51. The minimum atomic E-state index is 0.530. The number of benzene rings is 1. The Morgan fingerprint density at radius 3 is 2.67 bits per heavy atom. The standard InChI is InChI=1S/C17H27N/c1-5-14-8-6-7-9-16(14)18-15-10-11-17(3,4)12-13(15)2/h6-9,13,15,18H,5,10-12H2,1-4H3. The maximum absolute atomic E-state index is 3.79. The van der Waals surface area contributed by atoms with Crippen molar-refractivity contribution in [2.75, 3.05) is 5.32 Å². The Morgan fingerprint density at radius 2 is 2.00 bits per heavy atom. The third kappa shape index (κ3) is 3.07. The predicted molar refractivity (Wildman–Crippen MR) is 80.0 cm³/mol. The van der Waals surface area contributed by atoms with Crippen molar-refractivity contribution in [2.45, 2.75) is 59.4 Å². The minimum absolute atomic E-state index is 0.530. The Balaban J connectivity index is 2.06. The average molecular weight is 245 g/mol. The lowest BCUT2D eigenvalue weighted by atomic mass is 9.70. The largest absolute Gasteiger partial charge is 0.382 e. The van der Waals surface area contributed by atoms with E-state index in [1.165, 1.54) is 30.5 Å². The molecule has 100 valence electrons. The molecule has 0 saturated heterocycles. The molecule has 18 heavy (non-hydrogen) atoms. The van der Waals surface area contributed by atoms with Gasteiger partial charge in [0.05, 0.1) is 0 Å². The molecule has 0 heterocycles. The molecule has 0 bridgehead atoms. The van der Waals surface area contributed by atoms with E-state index in [0.29, 0.717) is 11.5 Å². The summed E-state index contributed by atoms with van der Waals surface area (Å²) in [5, 5.41) is 3.79. The third-order valence-corrected chi connectivity index (χ3v) is 4.43. The summed E-state index contributed by atoms with van der Waals surface area (Å²) in [4.78, 5) is 0. The van der Waals surface area contributed by atoms with Gasteiger partial charge in [-0.2, -0.15) is 0 Å². The topological polar surface area (TPSA) is 12.0 Å². The second-order valence-electron chi connectivity index (χ2n) is 6.65. The Bertz CT molecular complexity index is 394. The number of rotatable bonds is 3. The van der Waals surface area contributed by atoms with Gasteiger partial charge in [0.2, 0.25) is 0 Å². The fraction of sp³-hybridized carbons (Fsp3) is 0.647. The number of para-hydroxylation sites is 1. The van der Waals surface area contributed by atoms with E-state index in [9.17, 15) is 0 Å². The molecule has 1 aromatic rings. The first-order valence-electron chi connectivity index (χ1n) is 7.36. The fourth-order valence-corrected chi connectivity index (χ4v) is 3.33. The first-order chi connectivity index (χ1) is 8.52. The predicted octanol–water partition coefficient (Wildman–Crippen LogP) is 4.88. The lowest BCUT2D eigenvalue weighted by Crippen LogP contribution is -2.37. The van der Waals surface area contributed by atoms with Gasteiger partial charge in [0.25, 0.3) is 0 Å². The van der Waals surface area contributed by atoms with Crippen molar-refractivity contribution >= 4 is 5.69 Å². The Kier molecular flexibility index (Phi) is 3.99. The second kappa shape index (κ2) is 5.34. The summed E-state index contributed by atoms with van der Waals surface area (Å²) in [7, 11) is 0. The van der Waals surface area contributed by atoms with Crippen molar-refractivity contribution in [3.63, 3.8) is 0 Å². The lowest BCUT2D eigenvalue weighted by Gasteiger charge is -2.40. The quantitative estimate of drug-likeness (QED) is 0.800. The number of anilines is 1. The van der Waals surface area contributed by atoms with Crippen molar-refractivity contribution < 1.29 is 0 Å². The van der Waals surface area contributed by atoms with Crippen LogP contribution < -0.4 is 5.32 Å². The zero-order chi connectivity index (χ0) is 13.2. The van der Waals surface area contributed by atoms with Crippen molar-refractivity contribution in [1.82, 2.24) is 0 Å². The van der Waals surface area contributed by atoms with Gasteiger partial charge in [-0.05, 0) is 48.6 Å². The van der Waals surface area contributed by atoms with Crippen molar-refractivity contribution in [3.8, 4) is 0 Å². The number of hydrogen-bond donors (Lipinski definition) is 1. The molecule has 1 aromatic carbocycles. The van der Waals surface area contributed by atoms with E-state index < -0.39 is 0 Å². The van der Waals surface area contributed by atoms with Gasteiger partial charge in [0.15, 0.2) is 0 Å². The van der Waals surface area contributed by atoms with Gasteiger partial charge in [-0.15, -0.1) is 0 Å². The van der Waals surface area contributed by atoms with E-state index in [1.807, 2.05) is 0 Å². The van der Waals surface area contributed by atoms with Crippen LogP contribution in [0.5, 0.6) is 0 Å². The van der Waals surface area contributed by atoms with Gasteiger partial charge < -0.3 is 5.32 Å². The summed E-state index contributed by atoms with van der Waals surface area (Å²) >= 11 is 0. The minimum Gasteiger partial charge on any atom is -0.382 e. The summed E-state index contributed by atoms with van der Waals surface area (Å²) in [6, 6.07) is 9.38. The zero-order valence-electron chi connectivity index (χ0n) is 12.3. The molecule has 1 fully saturated rings. The summed E-state index contributed by atoms with van der Waals surface area (Å²) in [6.07, 6.45) is 5.07. The molecule has 1 nitrogen and oxygen atoms in total. The molecular weight excluding hydrogens is 218 g/mol. The number of aryl methyl sites for hydroxylation is 1. The van der Waals surface area contributed by atoms with Crippen LogP contribution in [0.4, 0.5) is 5.69 Å². The van der Waals surface area contributed by atoms with Crippen LogP contribution in [-0.2, 0) is 6.42 Å². The molecule has 0 aliphatic heterocycles. The monoisotopic (exact) mass is 245 g/mol. The molecule has 1 heteroatoms. The van der Waals surface area contributed by atoms with Crippen LogP contribution in [0.3, 0.4) is 0 Å². The molecule has 0 spiro atoms. The molecule has 0 aromatic heterocycles. The van der Waals surface area contributed by atoms with Gasteiger partial charge in [-0.25, -0.2) is 0 Å². The summed E-state index contributed by atoms with van der Waals surface area (Å²) < 4.78 is 0. The van der Waals surface area contributed by atoms with Crippen LogP contribution >= 0.6 is 0 Å². The maximum atomic E-state index is 3.79. The first-order valence-corrected chi connectivity index (χ1v) is 7.36. The van der Waals surface area contributed by atoms with Gasteiger partial charge in [0, 0.05) is 11.7 Å². The molecule has 1 N–H and O–H groups in total. The van der Waals surface area contributed by atoms with E-state index in [-0.39, 0.29) is 0 Å². The van der Waals surface area contributed by atoms with Crippen LogP contribution in [0.2, 0.25) is 0 Å². The van der Waals surface area contributed by atoms with E-state index in [4.69, 9.17) is 0 Å². The Labute approximate surface area is 112 Å². The second-order valence-corrected chi connectivity index (χ2v) is 6.65. The Hall–Kier alpha value is -0.980. The van der Waals surface area contributed by atoms with Crippen LogP contribution in [0.15, 0.2) is 24.3 Å². The van der Waals surface area contributed by atoms with Gasteiger partial charge in [-0.1, -0.05) is 45.9 Å². The third-order valence-electron chi connectivity index (χ3n) is 4.43. The summed E-state index contributed by atoms with van der Waals surface area (Å²) in [6.45, 7) is 9.43. The highest BCUT2D eigenvalue weighted by Crippen LogP contribution is 2.39. The summed E-state index contributed by atoms with van der Waals surface area (Å²) in [5.41, 5.74) is 3.31. The summed E-state index contributed by atoms with van der Waals surface area (Å²) in [5.74, 6) is 0.763. The normalized spacial score (nSPS) is 26.9. The van der Waals surface area contributed by atoms with Crippen molar-refractivity contribution in [2.24, 2.45) is 11.3 Å². The van der Waals surface area contributed by atoms with E-state index in [1.54, 1.807) is 0 Å². The lowest BCUT2D eigenvalue weighted by molar-refractivity contribution is 0.177. The molecule has 2 atom stereocenters. The van der Waals surface area contributed by atoms with Crippen LogP contribution in [0, 0.1) is 11.3 Å². The van der Waals surface area contributed by atoms with Gasteiger partial charge in [-0.3, -0.25) is 0 Å². The number of nitrogens with one attached hydrogen (secondary N) is 1. The SMILES string of the molecule is CCc1ccccc1NC1CCC(C)(C)CC1C. The van der Waals surface area contributed by atoms with E-state index in [0.717, 1.165) is 12.3 Å².